The van der Waals surface area contributed by atoms with E-state index < -0.39 is 30.1 Å². The van der Waals surface area contributed by atoms with Crippen LogP contribution in [0, 0.1) is 0 Å². The van der Waals surface area contributed by atoms with E-state index in [1.807, 2.05) is 37.2 Å². The standard InChI is InChI=1S/C27H31NO7/c1-15(2)32-23-12-19-8-9-21-20(10-11-28(6)7)13-25(34-17(4)30)27(35-18(5)31)26(21)22(19)14-24(23)33-16(3)29/h8-9,12-14,23-24H,1,10-11H2,2-7H3. The summed E-state index contributed by atoms with van der Waals surface area (Å²) in [5, 5.41) is 2.90. The number of likely N-dealkylation sites (N-methyl/N-ethyl adjacent to an activating group) is 1. The van der Waals surface area contributed by atoms with Gasteiger partial charge in [0.05, 0.1) is 5.76 Å². The summed E-state index contributed by atoms with van der Waals surface area (Å²) < 4.78 is 22.4. The molecule has 0 aromatic heterocycles. The van der Waals surface area contributed by atoms with Crippen LogP contribution < -0.4 is 19.9 Å². The van der Waals surface area contributed by atoms with E-state index >= 15 is 0 Å². The fourth-order valence-electron chi connectivity index (χ4n) is 4.08. The molecule has 0 saturated carbocycles. The number of ether oxygens (including phenoxy) is 4. The van der Waals surface area contributed by atoms with Gasteiger partial charge in [-0.15, -0.1) is 0 Å². The van der Waals surface area contributed by atoms with Crippen LogP contribution in [0.15, 0.2) is 30.5 Å². The fraction of sp³-hybridized carbons (Fsp3) is 0.370. The van der Waals surface area contributed by atoms with E-state index in [1.54, 1.807) is 19.1 Å². The van der Waals surface area contributed by atoms with Gasteiger partial charge in [-0.25, -0.2) is 0 Å². The van der Waals surface area contributed by atoms with E-state index in [-0.39, 0.29) is 11.5 Å². The molecule has 0 saturated heterocycles. The molecule has 2 atom stereocenters. The zero-order chi connectivity index (χ0) is 25.9. The molecule has 0 bridgehead atoms. The van der Waals surface area contributed by atoms with Gasteiger partial charge in [0.1, 0.15) is 0 Å². The maximum absolute atomic E-state index is 12.1. The number of carbonyl (C=O) groups excluding carboxylic acids is 3. The summed E-state index contributed by atoms with van der Waals surface area (Å²) in [6.45, 7) is 10.2. The van der Waals surface area contributed by atoms with Crippen molar-refractivity contribution in [1.29, 1.82) is 0 Å². The van der Waals surface area contributed by atoms with Crippen LogP contribution in [0.25, 0.3) is 22.9 Å². The van der Waals surface area contributed by atoms with E-state index in [9.17, 15) is 14.4 Å². The Morgan fingerprint density at radius 2 is 1.57 bits per heavy atom. The van der Waals surface area contributed by atoms with E-state index in [0.717, 1.165) is 22.7 Å². The Morgan fingerprint density at radius 1 is 0.914 bits per heavy atom. The third kappa shape index (κ3) is 6.27. The van der Waals surface area contributed by atoms with Crippen molar-refractivity contribution in [2.45, 2.75) is 46.3 Å². The molecule has 0 amide bonds. The predicted molar refractivity (Wildman–Crippen MR) is 132 cm³/mol. The number of nitrogens with zero attached hydrogens (tertiary/aromatic N) is 1. The van der Waals surface area contributed by atoms with Crippen LogP contribution in [0.3, 0.4) is 0 Å². The van der Waals surface area contributed by atoms with Crippen molar-refractivity contribution >= 4 is 40.8 Å². The van der Waals surface area contributed by atoms with Gasteiger partial charge in [-0.05, 0) is 67.0 Å². The Balaban J connectivity index is 2.41. The first-order valence-corrected chi connectivity index (χ1v) is 11.3. The van der Waals surface area contributed by atoms with Gasteiger partial charge < -0.3 is 23.8 Å². The largest absolute Gasteiger partial charge is 0.487 e. The molecule has 1 aliphatic rings. The third-order valence-electron chi connectivity index (χ3n) is 5.35. The topological polar surface area (TPSA) is 91.4 Å². The second-order valence-corrected chi connectivity index (χ2v) is 8.79. The van der Waals surface area contributed by atoms with Crippen molar-refractivity contribution in [3.05, 3.63) is 46.5 Å². The summed E-state index contributed by atoms with van der Waals surface area (Å²) >= 11 is 0. The van der Waals surface area contributed by atoms with Gasteiger partial charge >= 0.3 is 17.9 Å². The number of esters is 3. The van der Waals surface area contributed by atoms with Crippen LogP contribution in [-0.4, -0.2) is 55.7 Å². The second-order valence-electron chi connectivity index (χ2n) is 8.79. The molecule has 0 fully saturated rings. The van der Waals surface area contributed by atoms with Crippen LogP contribution in [0.1, 0.15) is 33.3 Å². The van der Waals surface area contributed by atoms with E-state index in [0.29, 0.717) is 22.8 Å². The molecule has 2 aromatic carbocycles. The number of hydrogen-bond acceptors (Lipinski definition) is 8. The maximum Gasteiger partial charge on any atom is 0.308 e. The number of rotatable bonds is 8. The normalized spacial score (nSPS) is 16.5. The quantitative estimate of drug-likeness (QED) is 0.322. The number of benzene rings is 2. The van der Waals surface area contributed by atoms with Crippen LogP contribution in [-0.2, 0) is 30.3 Å². The lowest BCUT2D eigenvalue weighted by atomic mass is 9.93. The highest BCUT2D eigenvalue weighted by atomic mass is 16.6. The summed E-state index contributed by atoms with van der Waals surface area (Å²) in [7, 11) is 3.94. The minimum absolute atomic E-state index is 0.138. The lowest BCUT2D eigenvalue weighted by Crippen LogP contribution is -2.41. The number of carbonyl (C=O) groups is 3. The van der Waals surface area contributed by atoms with E-state index in [1.165, 1.54) is 20.8 Å². The molecule has 3 rings (SSSR count). The monoisotopic (exact) mass is 481 g/mol. The predicted octanol–water partition coefficient (Wildman–Crippen LogP) is 2.22. The highest BCUT2D eigenvalue weighted by Gasteiger charge is 2.27. The molecule has 8 nitrogen and oxygen atoms in total. The Kier molecular flexibility index (Phi) is 7.96. The molecule has 8 heteroatoms. The average Bonchev–Trinajstić information content (AvgIpc) is 2.72. The molecular formula is C27H31NO7. The second kappa shape index (κ2) is 10.7. The van der Waals surface area contributed by atoms with Crippen LogP contribution in [0.4, 0.5) is 0 Å². The van der Waals surface area contributed by atoms with E-state index in [2.05, 4.69) is 6.58 Å². The Morgan fingerprint density at radius 3 is 2.14 bits per heavy atom. The minimum Gasteiger partial charge on any atom is -0.487 e. The highest BCUT2D eigenvalue weighted by Crippen LogP contribution is 2.37. The fourth-order valence-corrected chi connectivity index (χ4v) is 4.08. The molecule has 35 heavy (non-hydrogen) atoms. The van der Waals surface area contributed by atoms with Gasteiger partial charge in [0.25, 0.3) is 0 Å². The summed E-state index contributed by atoms with van der Waals surface area (Å²) in [6.07, 6.45) is 2.95. The third-order valence-corrected chi connectivity index (χ3v) is 5.35. The first kappa shape index (κ1) is 26.0. The van der Waals surface area contributed by atoms with Crippen LogP contribution in [0.2, 0.25) is 0 Å². The first-order valence-electron chi connectivity index (χ1n) is 11.3. The molecule has 2 unspecified atom stereocenters. The van der Waals surface area contributed by atoms with Gasteiger partial charge in [0.15, 0.2) is 23.7 Å². The number of fused-ring (bicyclic) bond motifs is 3. The van der Waals surface area contributed by atoms with Gasteiger partial charge in [-0.2, -0.15) is 0 Å². The summed E-state index contributed by atoms with van der Waals surface area (Å²) in [4.78, 5) is 37.9. The zero-order valence-electron chi connectivity index (χ0n) is 21.0. The minimum atomic E-state index is -0.741. The molecule has 186 valence electrons. The molecule has 0 N–H and O–H groups in total. The molecule has 0 radical (unpaired) electrons. The molecule has 2 aromatic rings. The first-order chi connectivity index (χ1) is 16.5. The average molecular weight is 482 g/mol. The molecular weight excluding hydrogens is 450 g/mol. The van der Waals surface area contributed by atoms with Crippen molar-refractivity contribution in [1.82, 2.24) is 4.90 Å². The molecule has 0 aliphatic heterocycles. The van der Waals surface area contributed by atoms with Gasteiger partial charge in [0.2, 0.25) is 0 Å². The van der Waals surface area contributed by atoms with Crippen LogP contribution >= 0.6 is 0 Å². The molecule has 0 heterocycles. The van der Waals surface area contributed by atoms with Crippen molar-refractivity contribution < 1.29 is 33.3 Å². The van der Waals surface area contributed by atoms with E-state index in [4.69, 9.17) is 18.9 Å². The van der Waals surface area contributed by atoms with Crippen LogP contribution in [0.5, 0.6) is 11.5 Å². The Bertz CT molecular complexity index is 1310. The number of hydrogen-bond donors (Lipinski definition) is 0. The lowest BCUT2D eigenvalue weighted by Gasteiger charge is -2.26. The van der Waals surface area contributed by atoms with Crippen molar-refractivity contribution in [3.63, 3.8) is 0 Å². The van der Waals surface area contributed by atoms with Crippen molar-refractivity contribution in [2.24, 2.45) is 0 Å². The molecule has 1 aliphatic carbocycles. The summed E-state index contributed by atoms with van der Waals surface area (Å²) in [5.41, 5.74) is 0.918. The Labute approximate surface area is 204 Å². The summed E-state index contributed by atoms with van der Waals surface area (Å²) in [5.74, 6) is -0.794. The zero-order valence-corrected chi connectivity index (χ0v) is 21.0. The SMILES string of the molecule is C=C(C)OC1C=c2ccc3c(CCN(C)C)cc(OC(C)=O)c(OC(C)=O)c3c2=CC1OC(C)=O. The Hall–Kier alpha value is -3.65. The lowest BCUT2D eigenvalue weighted by molar-refractivity contribution is -0.146. The van der Waals surface area contributed by atoms with Crippen molar-refractivity contribution in [2.75, 3.05) is 20.6 Å². The molecule has 0 spiro atoms. The highest BCUT2D eigenvalue weighted by molar-refractivity contribution is 5.97. The van der Waals surface area contributed by atoms with Crippen molar-refractivity contribution in [3.8, 4) is 11.5 Å². The smallest absolute Gasteiger partial charge is 0.308 e. The van der Waals surface area contributed by atoms with Gasteiger partial charge in [-0.3, -0.25) is 14.4 Å². The maximum atomic E-state index is 12.1. The van der Waals surface area contributed by atoms with Gasteiger partial charge in [0, 0.05) is 32.7 Å². The number of allylic oxidation sites excluding steroid dienone is 1. The van der Waals surface area contributed by atoms with Gasteiger partial charge in [-0.1, -0.05) is 18.7 Å². The summed E-state index contributed by atoms with van der Waals surface area (Å²) in [6, 6.07) is 5.62.